The number of nitrogens with zero attached hydrogens (tertiary/aromatic N) is 6. The number of rotatable bonds is 5. The number of nitriles is 1. The molecule has 32 heavy (non-hydrogen) atoms. The summed E-state index contributed by atoms with van der Waals surface area (Å²) in [5.41, 5.74) is 4.60. The van der Waals surface area contributed by atoms with Crippen molar-refractivity contribution in [1.29, 1.82) is 5.26 Å². The minimum Gasteiger partial charge on any atom is -0.363 e. The summed E-state index contributed by atoms with van der Waals surface area (Å²) in [6, 6.07) is 15.6. The number of halogens is 1. The summed E-state index contributed by atoms with van der Waals surface area (Å²) >= 11 is 6.47. The molecule has 5 aromatic rings. The minimum absolute atomic E-state index is 0.181. The van der Waals surface area contributed by atoms with Gasteiger partial charge in [-0.2, -0.15) is 10.4 Å². The highest BCUT2D eigenvalue weighted by Crippen LogP contribution is 2.35. The van der Waals surface area contributed by atoms with E-state index in [1.165, 1.54) is 6.33 Å². The van der Waals surface area contributed by atoms with Crippen molar-refractivity contribution in [1.82, 2.24) is 30.1 Å². The van der Waals surface area contributed by atoms with Crippen LogP contribution < -0.4 is 5.32 Å². The zero-order valence-corrected chi connectivity index (χ0v) is 17.4. The van der Waals surface area contributed by atoms with Crippen molar-refractivity contribution in [3.05, 3.63) is 83.7 Å². The van der Waals surface area contributed by atoms with Gasteiger partial charge in [0.2, 0.25) is 0 Å². The molecule has 2 aromatic carbocycles. The number of hydrogen-bond acceptors (Lipinski definition) is 7. The van der Waals surface area contributed by atoms with Crippen LogP contribution in [0.4, 0.5) is 5.82 Å². The van der Waals surface area contributed by atoms with E-state index in [1.807, 2.05) is 36.4 Å². The van der Waals surface area contributed by atoms with Gasteiger partial charge in [0.05, 0.1) is 28.1 Å². The van der Waals surface area contributed by atoms with Crippen molar-refractivity contribution in [3.63, 3.8) is 0 Å². The lowest BCUT2D eigenvalue weighted by Gasteiger charge is -2.14. The molecule has 0 unspecified atom stereocenters. The number of aromatic amines is 1. The van der Waals surface area contributed by atoms with Gasteiger partial charge in [-0.15, -0.1) is 0 Å². The maximum absolute atomic E-state index is 9.78. The van der Waals surface area contributed by atoms with Crippen molar-refractivity contribution in [2.75, 3.05) is 5.32 Å². The van der Waals surface area contributed by atoms with Gasteiger partial charge in [0.25, 0.3) is 0 Å². The lowest BCUT2D eigenvalue weighted by molar-refractivity contribution is 1.03. The Bertz CT molecular complexity index is 1440. The Morgan fingerprint density at radius 3 is 2.53 bits per heavy atom. The molecule has 0 amide bonds. The highest BCUT2D eigenvalue weighted by molar-refractivity contribution is 6.35. The second-order valence-electron chi connectivity index (χ2n) is 6.99. The fraction of sp³-hybridized carbons (Fsp3) is 0.0435. The van der Waals surface area contributed by atoms with Gasteiger partial charge in [-0.25, -0.2) is 19.9 Å². The number of anilines is 1. The van der Waals surface area contributed by atoms with Crippen LogP contribution >= 0.6 is 11.6 Å². The molecular weight excluding hydrogens is 424 g/mol. The van der Waals surface area contributed by atoms with Crippen LogP contribution in [0.25, 0.3) is 33.4 Å². The molecule has 3 aromatic heterocycles. The SMILES string of the molecule is N#Cc1nc(-c2cc(Cl)c3[nH]ncc3c2)c(-c2ccccc2)nc1NCc1cncnc1. The largest absolute Gasteiger partial charge is 0.363 e. The van der Waals surface area contributed by atoms with E-state index >= 15 is 0 Å². The third kappa shape index (κ3) is 3.73. The van der Waals surface area contributed by atoms with Crippen LogP contribution in [0.3, 0.4) is 0 Å². The van der Waals surface area contributed by atoms with E-state index < -0.39 is 0 Å². The maximum Gasteiger partial charge on any atom is 0.183 e. The number of benzene rings is 2. The lowest BCUT2D eigenvalue weighted by atomic mass is 10.0. The number of fused-ring (bicyclic) bond motifs is 1. The van der Waals surface area contributed by atoms with Gasteiger partial charge < -0.3 is 5.32 Å². The molecule has 0 aliphatic carbocycles. The Morgan fingerprint density at radius 1 is 0.969 bits per heavy atom. The first-order valence-corrected chi connectivity index (χ1v) is 10.1. The van der Waals surface area contributed by atoms with Gasteiger partial charge in [-0.05, 0) is 12.1 Å². The molecule has 0 fully saturated rings. The molecule has 9 heteroatoms. The Balaban J connectivity index is 1.66. The Morgan fingerprint density at radius 2 is 1.75 bits per heavy atom. The standard InChI is InChI=1S/C23H15ClN8/c24-18-7-16(6-17-12-29-32-20(17)18)22-21(15-4-2-1-3-5-15)31-23(19(8-25)30-22)28-11-14-9-26-13-27-10-14/h1-7,9-10,12-13H,11H2,(H,28,31)(H,29,32). The molecule has 0 saturated heterocycles. The van der Waals surface area contributed by atoms with Gasteiger partial charge in [-0.1, -0.05) is 41.9 Å². The second-order valence-corrected chi connectivity index (χ2v) is 7.40. The predicted molar refractivity (Wildman–Crippen MR) is 122 cm³/mol. The average molecular weight is 439 g/mol. The van der Waals surface area contributed by atoms with Crippen molar-refractivity contribution in [2.24, 2.45) is 0 Å². The summed E-state index contributed by atoms with van der Waals surface area (Å²) in [6.07, 6.45) is 6.57. The molecule has 0 spiro atoms. The molecule has 0 bridgehead atoms. The van der Waals surface area contributed by atoms with E-state index in [9.17, 15) is 5.26 Å². The summed E-state index contributed by atoms with van der Waals surface area (Å²) in [5, 5.41) is 21.3. The quantitative estimate of drug-likeness (QED) is 0.411. The fourth-order valence-electron chi connectivity index (χ4n) is 3.39. The van der Waals surface area contributed by atoms with Crippen LogP contribution in [0.5, 0.6) is 0 Å². The Kier molecular flexibility index (Phi) is 5.15. The van der Waals surface area contributed by atoms with Crippen LogP contribution in [-0.4, -0.2) is 30.1 Å². The number of aromatic nitrogens is 6. The first-order valence-electron chi connectivity index (χ1n) is 9.71. The van der Waals surface area contributed by atoms with Gasteiger partial charge in [0.1, 0.15) is 12.4 Å². The zero-order chi connectivity index (χ0) is 21.9. The second kappa shape index (κ2) is 8.41. The smallest absolute Gasteiger partial charge is 0.183 e. The predicted octanol–water partition coefficient (Wildman–Crippen LogP) is 4.61. The summed E-state index contributed by atoms with van der Waals surface area (Å²) in [4.78, 5) is 17.5. The van der Waals surface area contributed by atoms with Crippen LogP contribution in [0, 0.1) is 11.3 Å². The average Bonchev–Trinajstić information content (AvgIpc) is 3.33. The molecule has 0 aliphatic rings. The van der Waals surface area contributed by atoms with Crippen molar-refractivity contribution >= 4 is 28.3 Å². The molecule has 2 N–H and O–H groups in total. The van der Waals surface area contributed by atoms with Crippen LogP contribution in [0.2, 0.25) is 5.02 Å². The normalized spacial score (nSPS) is 10.8. The molecule has 0 saturated carbocycles. The Labute approximate surface area is 188 Å². The summed E-state index contributed by atoms with van der Waals surface area (Å²) in [6.45, 7) is 0.407. The van der Waals surface area contributed by atoms with E-state index in [0.29, 0.717) is 28.8 Å². The summed E-state index contributed by atoms with van der Waals surface area (Å²) < 4.78 is 0. The molecule has 8 nitrogen and oxygen atoms in total. The number of H-pyrrole nitrogens is 1. The van der Waals surface area contributed by atoms with Crippen LogP contribution in [0.15, 0.2) is 67.4 Å². The van der Waals surface area contributed by atoms with E-state index in [4.69, 9.17) is 16.6 Å². The Hall–Kier alpha value is -4.35. The van der Waals surface area contributed by atoms with E-state index in [-0.39, 0.29) is 5.69 Å². The number of nitrogens with one attached hydrogen (secondary N) is 2. The van der Waals surface area contributed by atoms with Crippen LogP contribution in [-0.2, 0) is 6.54 Å². The van der Waals surface area contributed by atoms with E-state index in [0.717, 1.165) is 27.6 Å². The van der Waals surface area contributed by atoms with Gasteiger partial charge in [0.15, 0.2) is 11.5 Å². The molecule has 154 valence electrons. The fourth-order valence-corrected chi connectivity index (χ4v) is 3.66. The lowest BCUT2D eigenvalue weighted by Crippen LogP contribution is -2.08. The van der Waals surface area contributed by atoms with Crippen molar-refractivity contribution < 1.29 is 0 Å². The summed E-state index contributed by atoms with van der Waals surface area (Å²) in [5.74, 6) is 0.384. The monoisotopic (exact) mass is 438 g/mol. The summed E-state index contributed by atoms with van der Waals surface area (Å²) in [7, 11) is 0. The number of hydrogen-bond donors (Lipinski definition) is 2. The van der Waals surface area contributed by atoms with E-state index in [1.54, 1.807) is 24.7 Å². The molecule has 3 heterocycles. The first kappa shape index (κ1) is 19.6. The topological polar surface area (TPSA) is 116 Å². The first-order chi connectivity index (χ1) is 15.7. The minimum atomic E-state index is 0.181. The highest BCUT2D eigenvalue weighted by Gasteiger charge is 2.18. The van der Waals surface area contributed by atoms with Gasteiger partial charge in [0, 0.05) is 41.0 Å². The molecule has 0 aliphatic heterocycles. The van der Waals surface area contributed by atoms with Gasteiger partial charge >= 0.3 is 0 Å². The third-order valence-corrected chi connectivity index (χ3v) is 5.20. The maximum atomic E-state index is 9.78. The highest BCUT2D eigenvalue weighted by atomic mass is 35.5. The molecule has 0 atom stereocenters. The van der Waals surface area contributed by atoms with Crippen molar-refractivity contribution in [2.45, 2.75) is 6.54 Å². The molecular formula is C23H15ClN8. The van der Waals surface area contributed by atoms with Crippen LogP contribution in [0.1, 0.15) is 11.3 Å². The molecule has 5 rings (SSSR count). The molecule has 0 radical (unpaired) electrons. The third-order valence-electron chi connectivity index (χ3n) is 4.90. The van der Waals surface area contributed by atoms with E-state index in [2.05, 4.69) is 36.5 Å². The zero-order valence-electron chi connectivity index (χ0n) is 16.6. The van der Waals surface area contributed by atoms with Crippen molar-refractivity contribution in [3.8, 4) is 28.6 Å². The van der Waals surface area contributed by atoms with Gasteiger partial charge in [-0.3, -0.25) is 5.10 Å².